The van der Waals surface area contributed by atoms with Gasteiger partial charge in [0.2, 0.25) is 12.4 Å². The molecule has 44 heteroatoms. The molecule has 3 fully saturated rings. The van der Waals surface area contributed by atoms with Crippen molar-refractivity contribution in [3.05, 3.63) is 233 Å². The molecular weight excluding hydrogens is 1760 g/mol. The van der Waals surface area contributed by atoms with Crippen molar-refractivity contribution in [2.45, 2.75) is 90.1 Å². The highest BCUT2D eigenvalue weighted by atomic mass is 16.6. The number of aryl methyl sites for hydroxylation is 8. The number of ether oxygens (including phenoxy) is 6. The summed E-state index contributed by atoms with van der Waals surface area (Å²) in [4.78, 5) is 75.8. The Morgan fingerprint density at radius 2 is 0.613 bits per heavy atom. The molecule has 3 aliphatic rings. The summed E-state index contributed by atoms with van der Waals surface area (Å²) in [6.07, 6.45) is 21.0. The quantitative estimate of drug-likeness (QED) is 0.0147. The van der Waals surface area contributed by atoms with E-state index in [1.807, 2.05) is 67.7 Å². The number of hydrogen-bond acceptors (Lipinski definition) is 36. The first kappa shape index (κ1) is 99.3. The molecule has 0 unspecified atom stereocenters. The van der Waals surface area contributed by atoms with Gasteiger partial charge in [-0.1, -0.05) is 115 Å². The maximum atomic E-state index is 12.1. The van der Waals surface area contributed by atoms with Gasteiger partial charge in [-0.25, -0.2) is 61.5 Å². The monoisotopic (exact) mass is 1860 g/mol. The second-order valence-electron chi connectivity index (χ2n) is 31.3. The second kappa shape index (κ2) is 50.8. The van der Waals surface area contributed by atoms with E-state index in [0.29, 0.717) is 107 Å². The van der Waals surface area contributed by atoms with E-state index in [-0.39, 0.29) is 36.0 Å². The first-order chi connectivity index (χ1) is 66.6. The van der Waals surface area contributed by atoms with Gasteiger partial charge in [-0.05, 0) is 237 Å². The summed E-state index contributed by atoms with van der Waals surface area (Å²) in [5.41, 5.74) is 10.4. The van der Waals surface area contributed by atoms with E-state index in [2.05, 4.69) is 136 Å². The van der Waals surface area contributed by atoms with Crippen LogP contribution in [0.5, 0.6) is 5.75 Å². The summed E-state index contributed by atoms with van der Waals surface area (Å²) in [6.45, 7) is 9.33. The number of terminal acetylenes is 1. The number of esters is 6. The lowest BCUT2D eigenvalue weighted by Crippen LogP contribution is -2.33. The molecule has 0 bridgehead atoms. The van der Waals surface area contributed by atoms with Gasteiger partial charge in [-0.2, -0.15) is 0 Å². The van der Waals surface area contributed by atoms with Gasteiger partial charge < -0.3 is 28.4 Å². The van der Waals surface area contributed by atoms with E-state index < -0.39 is 5.97 Å². The number of rotatable bonds is 24. The number of pyridine rings is 1. The zero-order valence-corrected chi connectivity index (χ0v) is 77.2. The number of tetrazole rings is 7. The summed E-state index contributed by atoms with van der Waals surface area (Å²) in [7, 11) is 13.7. The average molecular weight is 1860 g/mol. The average Bonchev–Trinajstić information content (AvgIpc) is 1.83. The molecule has 7 aromatic carbocycles. The SMILES string of the molecule is C#CCCCOC(=O)c1ccc(-c2nnnn2C)cc1.COC(=O)c1ccc(-c2nnnn2C)cc1.Cc1ccc(-c2nnnn2C)cc1.Cn1nnnc1-c1ccc(C(=O)OC2CCCCC2)cc1.Cn1nnnc1-c1ccc(C(=O)OCCN2CCCC2)cc1.Cn1nnnc1-c1ccc(C(=O)OCCN2CCCCC2)cc1.Cn1nnnc1-c1ccc(C(=O)Oc2cc[n+](O)cc2)cc1. The maximum Gasteiger partial charge on any atom is 0.343 e. The van der Waals surface area contributed by atoms with Gasteiger partial charge in [-0.15, -0.1) is 48.0 Å². The van der Waals surface area contributed by atoms with Crippen LogP contribution in [0.3, 0.4) is 0 Å². The van der Waals surface area contributed by atoms with Crippen molar-refractivity contribution in [2.24, 2.45) is 49.3 Å². The third-order valence-corrected chi connectivity index (χ3v) is 21.6. The highest BCUT2D eigenvalue weighted by Gasteiger charge is 2.23. The second-order valence-corrected chi connectivity index (χ2v) is 31.3. The highest BCUT2D eigenvalue weighted by Crippen LogP contribution is 2.26. The summed E-state index contributed by atoms with van der Waals surface area (Å²) < 4.78 is 43.1. The van der Waals surface area contributed by atoms with E-state index >= 15 is 0 Å². The number of nitrogens with zero attached hydrogens (tertiary/aromatic N) is 31. The van der Waals surface area contributed by atoms with Crippen LogP contribution >= 0.6 is 0 Å². The van der Waals surface area contributed by atoms with Crippen LogP contribution in [0.2, 0.25) is 0 Å². The van der Waals surface area contributed by atoms with Gasteiger partial charge in [0, 0.05) is 125 Å². The van der Waals surface area contributed by atoms with Crippen molar-refractivity contribution in [2.75, 3.05) is 66.2 Å². The molecule has 44 nitrogen and oxygen atoms in total. The van der Waals surface area contributed by atoms with Crippen LogP contribution in [0.15, 0.2) is 194 Å². The molecule has 0 radical (unpaired) electrons. The summed E-state index contributed by atoms with van der Waals surface area (Å²) in [5, 5.41) is 88.0. The van der Waals surface area contributed by atoms with Gasteiger partial charge in [0.05, 0.1) is 47.1 Å². The molecule has 2 saturated heterocycles. The van der Waals surface area contributed by atoms with Gasteiger partial charge in [0.1, 0.15) is 25.1 Å². The Hall–Kier alpha value is -16.7. The number of likely N-dealkylation sites (tertiary alicyclic amines) is 2. The van der Waals surface area contributed by atoms with E-state index in [1.54, 1.807) is 184 Å². The fourth-order valence-corrected chi connectivity index (χ4v) is 14.0. The minimum atomic E-state index is -0.488. The molecule has 15 aromatic rings. The molecule has 2 aliphatic heterocycles. The zero-order valence-electron chi connectivity index (χ0n) is 77.2. The minimum absolute atomic E-state index is 0.0777. The Kier molecular flexibility index (Phi) is 36.8. The Labute approximate surface area is 787 Å². The molecular formula is C93H104N31O13+. The Morgan fingerprint density at radius 1 is 0.350 bits per heavy atom. The van der Waals surface area contributed by atoms with Crippen LogP contribution in [0.1, 0.15) is 145 Å². The lowest BCUT2D eigenvalue weighted by atomic mass is 9.98. The van der Waals surface area contributed by atoms with Crippen LogP contribution in [0.4, 0.5) is 0 Å². The lowest BCUT2D eigenvalue weighted by molar-refractivity contribution is -0.904. The summed E-state index contributed by atoms with van der Waals surface area (Å²) >= 11 is 0. The molecule has 137 heavy (non-hydrogen) atoms. The van der Waals surface area contributed by atoms with Gasteiger partial charge in [0.25, 0.3) is 0 Å². The van der Waals surface area contributed by atoms with Crippen molar-refractivity contribution in [1.82, 2.24) is 151 Å². The van der Waals surface area contributed by atoms with Crippen molar-refractivity contribution in [3.8, 4) is 97.8 Å². The van der Waals surface area contributed by atoms with Crippen LogP contribution in [-0.4, -0.2) is 265 Å². The number of aromatic nitrogens is 29. The topological polar surface area (TPSA) is 494 Å². The Morgan fingerprint density at radius 3 is 0.898 bits per heavy atom. The van der Waals surface area contributed by atoms with Crippen molar-refractivity contribution >= 4 is 35.8 Å². The summed E-state index contributed by atoms with van der Waals surface area (Å²) in [5.74, 6) is 5.49. The molecule has 10 heterocycles. The van der Waals surface area contributed by atoms with Crippen LogP contribution in [0.25, 0.3) is 79.7 Å². The zero-order chi connectivity index (χ0) is 96.8. The van der Waals surface area contributed by atoms with Crippen molar-refractivity contribution in [1.29, 1.82) is 0 Å². The van der Waals surface area contributed by atoms with E-state index in [4.69, 9.17) is 35.3 Å². The highest BCUT2D eigenvalue weighted by molar-refractivity contribution is 5.93. The molecule has 708 valence electrons. The van der Waals surface area contributed by atoms with E-state index in [9.17, 15) is 28.8 Å². The maximum absolute atomic E-state index is 12.1. The number of methoxy groups -OCH3 is 1. The van der Waals surface area contributed by atoms with Gasteiger partial charge in [-0.3, -0.25) is 15.0 Å². The smallest absolute Gasteiger partial charge is 0.343 e. The first-order valence-corrected chi connectivity index (χ1v) is 43.9. The fourth-order valence-electron chi connectivity index (χ4n) is 14.0. The number of benzene rings is 7. The Bertz CT molecular complexity index is 6380. The van der Waals surface area contributed by atoms with Crippen molar-refractivity contribution < 1.29 is 67.1 Å². The fraction of sp³-hybridized carbons (Fsp3) is 0.333. The molecule has 8 aromatic heterocycles. The molecule has 18 rings (SSSR count). The number of unbranched alkanes of at least 4 members (excludes halogenated alkanes) is 1. The third-order valence-electron chi connectivity index (χ3n) is 21.6. The predicted octanol–water partition coefficient (Wildman–Crippen LogP) is 8.93. The molecule has 0 spiro atoms. The normalized spacial score (nSPS) is 12.8. The minimum Gasteiger partial charge on any atom is -0.465 e. The van der Waals surface area contributed by atoms with Crippen molar-refractivity contribution in [3.63, 3.8) is 0 Å². The molecule has 1 saturated carbocycles. The number of carbonyl (C=O) groups is 6. The number of piperidine rings is 1. The standard InChI is InChI=1S/C16H21N5O2.C15H19N5O2.C15H18N4O2.C14H12N5O3.C14H14N4O2.C10H10N4O2.C9H10N4/c1-20-15(17-18-19-20)13-5-7-14(8-6-13)16(22)23-12-11-21-9-3-2-4-10-21;1-19-14(16-17-18-19)12-4-6-13(7-5-12)15(21)22-11-10-20-8-2-3-9-20;1-19-14(16-17-18-19)11-7-9-12(10-8-11)15(20)21-13-5-3-2-4-6-13;1-18-13(15-16-17-18)10-2-4-11(5-3-10)14(20)22-12-6-8-19(21)9-7-12;1-3-4-5-10-20-14(19)12-8-6-11(7-9-12)13-15-16-17-18(13)2;1-14-9(11-12-13-14)7-3-5-8(6-4-7)10(15)16-2;1-7-3-5-8(6-4-7)9-10-11-12-13(9)2/h5-8H,2-4,9-12H2,1H3;4-7H,2-3,8-11H2,1H3;7-10,13H,2-6H2,1H3;2-9,21H,1H3;1,6-9H,4-5,10H2,2H3;3-6H,1-2H3;3-6H,1-2H3/q;;;+1;;;. The van der Waals surface area contributed by atoms with E-state index in [0.717, 1.165) is 114 Å². The summed E-state index contributed by atoms with van der Waals surface area (Å²) in [6, 6.07) is 53.2. The molecule has 1 N–H and O–H groups in total. The number of carbonyl (C=O) groups excluding carboxylic acids is 6. The predicted molar refractivity (Wildman–Crippen MR) is 492 cm³/mol. The largest absolute Gasteiger partial charge is 0.465 e. The molecule has 1 aliphatic carbocycles. The first-order valence-electron chi connectivity index (χ1n) is 43.9. The van der Waals surface area contributed by atoms with Crippen LogP contribution < -0.4 is 9.47 Å². The van der Waals surface area contributed by atoms with Gasteiger partial charge in [0.15, 0.2) is 40.8 Å². The lowest BCUT2D eigenvalue weighted by Gasteiger charge is -2.25. The third kappa shape index (κ3) is 29.4. The molecule has 0 atom stereocenters. The van der Waals surface area contributed by atoms with E-state index in [1.165, 1.54) is 75.7 Å². The Balaban J connectivity index is 0.000000144. The number of hydrogen-bond donors (Lipinski definition) is 1. The van der Waals surface area contributed by atoms with Crippen LogP contribution in [0, 0.1) is 19.3 Å². The molecule has 0 amide bonds. The van der Waals surface area contributed by atoms with Gasteiger partial charge >= 0.3 is 35.8 Å². The van der Waals surface area contributed by atoms with Crippen LogP contribution in [-0.2, 0) is 73.0 Å².